The predicted octanol–water partition coefficient (Wildman–Crippen LogP) is 4.21. The highest BCUT2D eigenvalue weighted by Gasteiger charge is 2.41. The highest BCUT2D eigenvalue weighted by atomic mass is 16.5. The summed E-state index contributed by atoms with van der Waals surface area (Å²) in [5, 5.41) is 0. The smallest absolute Gasteiger partial charge is 0.253 e. The van der Waals surface area contributed by atoms with Gasteiger partial charge in [-0.25, -0.2) is 0 Å². The first-order valence-electron chi connectivity index (χ1n) is 11.6. The Bertz CT molecular complexity index is 940. The predicted molar refractivity (Wildman–Crippen MR) is 129 cm³/mol. The van der Waals surface area contributed by atoms with E-state index in [1.54, 1.807) is 26.1 Å². The average molecular weight is 434 g/mol. The molecule has 2 fully saturated rings. The van der Waals surface area contributed by atoms with Crippen molar-refractivity contribution in [1.29, 1.82) is 0 Å². The van der Waals surface area contributed by atoms with Gasteiger partial charge in [-0.3, -0.25) is 14.6 Å². The molecule has 2 saturated heterocycles. The number of likely N-dealkylation sites (tertiary alicyclic amines) is 1. The average Bonchev–Trinajstić information content (AvgIpc) is 3.10. The first-order chi connectivity index (χ1) is 15.5. The molecule has 2 aromatic rings. The van der Waals surface area contributed by atoms with Crippen LogP contribution in [-0.4, -0.2) is 73.5 Å². The molecular weight excluding hydrogens is 398 g/mol. The zero-order valence-electron chi connectivity index (χ0n) is 19.5. The van der Waals surface area contributed by atoms with Gasteiger partial charge in [0.15, 0.2) is 0 Å². The van der Waals surface area contributed by atoms with E-state index < -0.39 is 0 Å². The van der Waals surface area contributed by atoms with Crippen LogP contribution in [0.25, 0.3) is 0 Å². The van der Waals surface area contributed by atoms with Crippen LogP contribution in [-0.2, 0) is 0 Å². The van der Waals surface area contributed by atoms with Crippen LogP contribution in [0, 0.1) is 0 Å². The molecule has 5 nitrogen and oxygen atoms in total. The summed E-state index contributed by atoms with van der Waals surface area (Å²) < 4.78 is 5.56. The van der Waals surface area contributed by atoms with E-state index in [1.807, 2.05) is 24.3 Å². The van der Waals surface area contributed by atoms with Gasteiger partial charge in [0.1, 0.15) is 5.75 Å². The van der Waals surface area contributed by atoms with Crippen molar-refractivity contribution in [2.45, 2.75) is 37.4 Å². The molecule has 0 aliphatic carbocycles. The maximum atomic E-state index is 12.4. The maximum absolute atomic E-state index is 12.4. The van der Waals surface area contributed by atoms with Crippen LogP contribution in [0.5, 0.6) is 5.75 Å². The van der Waals surface area contributed by atoms with Crippen molar-refractivity contribution in [3.05, 3.63) is 77.9 Å². The number of ether oxygens (including phenoxy) is 1. The third-order valence-corrected chi connectivity index (χ3v) is 6.90. The van der Waals surface area contributed by atoms with E-state index in [2.05, 4.69) is 46.7 Å². The van der Waals surface area contributed by atoms with Gasteiger partial charge in [0, 0.05) is 51.4 Å². The minimum absolute atomic E-state index is 0.0318. The summed E-state index contributed by atoms with van der Waals surface area (Å²) in [7, 11) is 5.30. The summed E-state index contributed by atoms with van der Waals surface area (Å²) in [6.45, 7) is 7.08. The molecule has 2 bridgehead atoms. The van der Waals surface area contributed by atoms with Crippen LogP contribution in [0.4, 0.5) is 0 Å². The van der Waals surface area contributed by atoms with Gasteiger partial charge in [-0.05, 0) is 54.7 Å². The lowest BCUT2D eigenvalue weighted by molar-refractivity contribution is 0.0827. The normalized spacial score (nSPS) is 22.2. The molecule has 4 rings (SSSR count). The topological polar surface area (TPSA) is 36.0 Å². The van der Waals surface area contributed by atoms with Gasteiger partial charge in [0.05, 0.1) is 13.2 Å². The van der Waals surface area contributed by atoms with Crippen molar-refractivity contribution in [2.75, 3.05) is 40.8 Å². The summed E-state index contributed by atoms with van der Waals surface area (Å²) >= 11 is 0. The third-order valence-electron chi connectivity index (χ3n) is 6.90. The molecule has 5 heteroatoms. The van der Waals surface area contributed by atoms with Crippen LogP contribution in [0.15, 0.2) is 61.2 Å². The van der Waals surface area contributed by atoms with Gasteiger partial charge >= 0.3 is 0 Å². The Hall–Kier alpha value is -2.63. The van der Waals surface area contributed by atoms with Crippen LogP contribution in [0.1, 0.15) is 46.8 Å². The van der Waals surface area contributed by atoms with Gasteiger partial charge in [-0.15, -0.1) is 6.58 Å². The molecule has 0 radical (unpaired) electrons. The molecule has 2 heterocycles. The van der Waals surface area contributed by atoms with Gasteiger partial charge in [0.25, 0.3) is 5.91 Å². The van der Waals surface area contributed by atoms with Crippen LogP contribution < -0.4 is 4.74 Å². The Morgan fingerprint density at radius 1 is 1.12 bits per heavy atom. The molecule has 0 N–H and O–H groups in total. The monoisotopic (exact) mass is 433 g/mol. The summed E-state index contributed by atoms with van der Waals surface area (Å²) in [5.74, 6) is 0.909. The summed E-state index contributed by atoms with van der Waals surface area (Å²) in [5.41, 5.74) is 3.19. The molecule has 0 saturated carbocycles. The SMILES string of the molecule is C=CCN1CCC2CCC(C1)N2C(c1ccc(C(=O)N(C)C)cc1)c1cccc(OC)c1. The Morgan fingerprint density at radius 3 is 2.56 bits per heavy atom. The molecule has 3 atom stereocenters. The fourth-order valence-electron chi connectivity index (χ4n) is 5.37. The Labute approximate surface area is 192 Å². The highest BCUT2D eigenvalue weighted by molar-refractivity contribution is 5.93. The lowest BCUT2D eigenvalue weighted by atomic mass is 9.94. The minimum Gasteiger partial charge on any atom is -0.497 e. The van der Waals surface area contributed by atoms with Crippen molar-refractivity contribution >= 4 is 5.91 Å². The van der Waals surface area contributed by atoms with E-state index in [1.165, 1.54) is 30.4 Å². The lowest BCUT2D eigenvalue weighted by Gasteiger charge is -2.37. The minimum atomic E-state index is 0.0318. The Morgan fingerprint density at radius 2 is 1.88 bits per heavy atom. The standard InChI is InChI=1S/C27H35N3O2/c1-5-16-29-17-15-23-13-14-24(19-29)30(23)26(22-7-6-8-25(18-22)32-4)20-9-11-21(12-10-20)27(31)28(2)3/h5-12,18,23-24,26H,1,13-17,19H2,2-4H3. The van der Waals surface area contributed by atoms with Gasteiger partial charge in [0.2, 0.25) is 0 Å². The zero-order chi connectivity index (χ0) is 22.7. The van der Waals surface area contributed by atoms with Crippen molar-refractivity contribution in [3.63, 3.8) is 0 Å². The molecule has 2 aliphatic rings. The summed E-state index contributed by atoms with van der Waals surface area (Å²) in [6, 6.07) is 17.8. The highest BCUT2D eigenvalue weighted by Crippen LogP contribution is 2.41. The van der Waals surface area contributed by atoms with E-state index >= 15 is 0 Å². The molecule has 32 heavy (non-hydrogen) atoms. The molecule has 1 amide bonds. The van der Waals surface area contributed by atoms with E-state index in [0.29, 0.717) is 12.1 Å². The van der Waals surface area contributed by atoms with E-state index in [9.17, 15) is 4.79 Å². The molecule has 2 aromatic carbocycles. The number of nitrogens with zero attached hydrogens (tertiary/aromatic N) is 3. The van der Waals surface area contributed by atoms with Crippen molar-refractivity contribution < 1.29 is 9.53 Å². The van der Waals surface area contributed by atoms with Crippen molar-refractivity contribution in [1.82, 2.24) is 14.7 Å². The number of hydrogen-bond donors (Lipinski definition) is 0. The fraction of sp³-hybridized carbons (Fsp3) is 0.444. The van der Waals surface area contributed by atoms with E-state index in [0.717, 1.165) is 30.9 Å². The second-order valence-electron chi connectivity index (χ2n) is 9.17. The maximum Gasteiger partial charge on any atom is 0.253 e. The second-order valence-corrected chi connectivity index (χ2v) is 9.17. The first kappa shape index (κ1) is 22.6. The van der Waals surface area contributed by atoms with Crippen LogP contribution in [0.2, 0.25) is 0 Å². The van der Waals surface area contributed by atoms with E-state index in [-0.39, 0.29) is 11.9 Å². The molecule has 2 aliphatic heterocycles. The molecular formula is C27H35N3O2. The van der Waals surface area contributed by atoms with Gasteiger partial charge < -0.3 is 9.64 Å². The molecule has 170 valence electrons. The summed E-state index contributed by atoms with van der Waals surface area (Å²) in [6.07, 6.45) is 5.64. The Kier molecular flexibility index (Phi) is 6.97. The van der Waals surface area contributed by atoms with Gasteiger partial charge in [-0.2, -0.15) is 0 Å². The van der Waals surface area contributed by atoms with Crippen molar-refractivity contribution in [3.8, 4) is 5.75 Å². The second kappa shape index (κ2) is 9.88. The largest absolute Gasteiger partial charge is 0.497 e. The molecule has 0 aromatic heterocycles. The number of amides is 1. The molecule has 0 spiro atoms. The van der Waals surface area contributed by atoms with Crippen molar-refractivity contribution in [2.24, 2.45) is 0 Å². The number of carbonyl (C=O) groups excluding carboxylic acids is 1. The van der Waals surface area contributed by atoms with Crippen LogP contribution >= 0.6 is 0 Å². The number of fused-ring (bicyclic) bond motifs is 2. The number of hydrogen-bond acceptors (Lipinski definition) is 4. The number of methoxy groups -OCH3 is 1. The summed E-state index contributed by atoms with van der Waals surface area (Å²) in [4.78, 5) is 19.3. The van der Waals surface area contributed by atoms with E-state index in [4.69, 9.17) is 4.74 Å². The zero-order valence-corrected chi connectivity index (χ0v) is 19.5. The molecule has 3 unspecified atom stereocenters. The first-order valence-corrected chi connectivity index (χ1v) is 11.6. The number of carbonyl (C=O) groups is 1. The number of rotatable bonds is 7. The van der Waals surface area contributed by atoms with Gasteiger partial charge in [-0.1, -0.05) is 30.3 Å². The quantitative estimate of drug-likeness (QED) is 0.613. The number of benzene rings is 2. The van der Waals surface area contributed by atoms with Crippen LogP contribution in [0.3, 0.4) is 0 Å². The lowest BCUT2D eigenvalue weighted by Crippen LogP contribution is -2.42. The third kappa shape index (κ3) is 4.59. The fourth-order valence-corrected chi connectivity index (χ4v) is 5.37. The Balaban J connectivity index is 1.73.